The highest BCUT2D eigenvalue weighted by Crippen LogP contribution is 2.21. The zero-order chi connectivity index (χ0) is 13.0. The summed E-state index contributed by atoms with van der Waals surface area (Å²) in [5, 5.41) is 6.63. The molecule has 0 amide bonds. The number of aromatic nitrogens is 2. The van der Waals surface area contributed by atoms with Gasteiger partial charge >= 0.3 is 0 Å². The van der Waals surface area contributed by atoms with Gasteiger partial charge in [0.15, 0.2) is 0 Å². The van der Waals surface area contributed by atoms with E-state index in [4.69, 9.17) is 0 Å². The Labute approximate surface area is 112 Å². The van der Waals surface area contributed by atoms with E-state index in [-0.39, 0.29) is 0 Å². The Balaban J connectivity index is 1.99. The van der Waals surface area contributed by atoms with Gasteiger partial charge in [0.1, 0.15) is 5.01 Å². The summed E-state index contributed by atoms with van der Waals surface area (Å²) < 4.78 is 0. The molecule has 0 aromatic carbocycles. The van der Waals surface area contributed by atoms with Crippen LogP contribution in [0.1, 0.15) is 24.5 Å². The second kappa shape index (κ2) is 6.07. The highest BCUT2D eigenvalue weighted by molar-refractivity contribution is 7.09. The molecule has 18 heavy (non-hydrogen) atoms. The van der Waals surface area contributed by atoms with Crippen molar-refractivity contribution in [3.8, 4) is 11.3 Å². The van der Waals surface area contributed by atoms with Gasteiger partial charge in [-0.2, -0.15) is 0 Å². The van der Waals surface area contributed by atoms with Crippen molar-refractivity contribution in [3.05, 3.63) is 34.4 Å². The molecule has 2 aromatic rings. The van der Waals surface area contributed by atoms with E-state index in [1.54, 1.807) is 11.3 Å². The average molecular weight is 261 g/mol. The first kappa shape index (κ1) is 13.2. The fourth-order valence-electron chi connectivity index (χ4n) is 1.61. The Kier molecular flexibility index (Phi) is 4.44. The van der Waals surface area contributed by atoms with Gasteiger partial charge in [0, 0.05) is 29.4 Å². The number of hydrogen-bond donors (Lipinski definition) is 1. The molecule has 0 bridgehead atoms. The van der Waals surface area contributed by atoms with Gasteiger partial charge in [0.25, 0.3) is 0 Å². The minimum absolute atomic E-state index is 0.672. The molecule has 2 rings (SSSR count). The molecular formula is C14H19N3S. The molecule has 4 heteroatoms. The number of hydrogen-bond acceptors (Lipinski definition) is 4. The summed E-state index contributed by atoms with van der Waals surface area (Å²) in [7, 11) is 0. The van der Waals surface area contributed by atoms with Crippen LogP contribution in [0.3, 0.4) is 0 Å². The van der Waals surface area contributed by atoms with Crippen LogP contribution in [0.2, 0.25) is 0 Å². The summed E-state index contributed by atoms with van der Waals surface area (Å²) in [4.78, 5) is 8.92. The van der Waals surface area contributed by atoms with Gasteiger partial charge in [-0.05, 0) is 31.5 Å². The van der Waals surface area contributed by atoms with Crippen LogP contribution in [0.5, 0.6) is 0 Å². The van der Waals surface area contributed by atoms with Crippen molar-refractivity contribution in [2.45, 2.75) is 27.3 Å². The van der Waals surface area contributed by atoms with Crippen LogP contribution >= 0.6 is 11.3 Å². The smallest absolute Gasteiger partial charge is 0.107 e. The molecule has 0 atom stereocenters. The summed E-state index contributed by atoms with van der Waals surface area (Å²) >= 11 is 1.70. The molecular weight excluding hydrogens is 242 g/mol. The first-order chi connectivity index (χ1) is 8.65. The van der Waals surface area contributed by atoms with Gasteiger partial charge in [0.2, 0.25) is 0 Å². The van der Waals surface area contributed by atoms with Crippen LogP contribution in [-0.4, -0.2) is 16.5 Å². The van der Waals surface area contributed by atoms with Crippen molar-refractivity contribution in [1.29, 1.82) is 0 Å². The molecule has 2 aromatic heterocycles. The molecule has 0 aliphatic rings. The maximum Gasteiger partial charge on any atom is 0.107 e. The highest BCUT2D eigenvalue weighted by atomic mass is 32.1. The lowest BCUT2D eigenvalue weighted by Gasteiger charge is -2.04. The first-order valence-corrected chi connectivity index (χ1v) is 7.11. The second-order valence-corrected chi connectivity index (χ2v) is 5.78. The lowest BCUT2D eigenvalue weighted by Crippen LogP contribution is -2.18. The Morgan fingerprint density at radius 3 is 2.83 bits per heavy atom. The molecule has 0 fully saturated rings. The topological polar surface area (TPSA) is 37.8 Å². The highest BCUT2D eigenvalue weighted by Gasteiger charge is 2.04. The van der Waals surface area contributed by atoms with Crippen molar-refractivity contribution < 1.29 is 0 Å². The largest absolute Gasteiger partial charge is 0.310 e. The number of pyridine rings is 1. The van der Waals surface area contributed by atoms with Gasteiger partial charge < -0.3 is 5.32 Å². The summed E-state index contributed by atoms with van der Waals surface area (Å²) in [5.74, 6) is 0.672. The quantitative estimate of drug-likeness (QED) is 0.897. The molecule has 2 heterocycles. The zero-order valence-corrected chi connectivity index (χ0v) is 11.9. The lowest BCUT2D eigenvalue weighted by atomic mass is 10.2. The van der Waals surface area contributed by atoms with Crippen LogP contribution in [-0.2, 0) is 6.54 Å². The summed E-state index contributed by atoms with van der Waals surface area (Å²) in [6.45, 7) is 8.28. The van der Waals surface area contributed by atoms with Gasteiger partial charge in [0.05, 0.1) is 5.69 Å². The minimum atomic E-state index is 0.672. The molecule has 0 saturated heterocycles. The average Bonchev–Trinajstić information content (AvgIpc) is 2.78. The number of aryl methyl sites for hydroxylation is 1. The monoisotopic (exact) mass is 261 g/mol. The van der Waals surface area contributed by atoms with E-state index in [2.05, 4.69) is 40.6 Å². The van der Waals surface area contributed by atoms with Crippen LogP contribution in [0, 0.1) is 12.8 Å². The zero-order valence-electron chi connectivity index (χ0n) is 11.1. The predicted octanol–water partition coefficient (Wildman–Crippen LogP) is 3.26. The van der Waals surface area contributed by atoms with E-state index in [0.717, 1.165) is 35.0 Å². The molecule has 3 nitrogen and oxygen atoms in total. The van der Waals surface area contributed by atoms with Gasteiger partial charge in [-0.3, -0.25) is 4.98 Å². The molecule has 0 radical (unpaired) electrons. The van der Waals surface area contributed by atoms with E-state index in [0.29, 0.717) is 5.92 Å². The molecule has 0 aliphatic heterocycles. The van der Waals surface area contributed by atoms with E-state index in [9.17, 15) is 0 Å². The SMILES string of the molecule is Cc1ccc(-c2csc(CNCC(C)C)n2)cn1. The summed E-state index contributed by atoms with van der Waals surface area (Å²) in [5.41, 5.74) is 3.15. The summed E-state index contributed by atoms with van der Waals surface area (Å²) in [6, 6.07) is 4.09. The van der Waals surface area contributed by atoms with E-state index in [1.165, 1.54) is 0 Å². The fraction of sp³-hybridized carbons (Fsp3) is 0.429. The molecule has 0 unspecified atom stereocenters. The lowest BCUT2D eigenvalue weighted by molar-refractivity contribution is 0.551. The van der Waals surface area contributed by atoms with Gasteiger partial charge in [-0.1, -0.05) is 13.8 Å². The molecule has 1 N–H and O–H groups in total. The maximum atomic E-state index is 4.62. The Morgan fingerprint density at radius 2 is 2.17 bits per heavy atom. The minimum Gasteiger partial charge on any atom is -0.310 e. The second-order valence-electron chi connectivity index (χ2n) is 4.84. The van der Waals surface area contributed by atoms with E-state index >= 15 is 0 Å². The van der Waals surface area contributed by atoms with E-state index < -0.39 is 0 Å². The molecule has 0 spiro atoms. The van der Waals surface area contributed by atoms with Crippen molar-refractivity contribution in [1.82, 2.24) is 15.3 Å². The van der Waals surface area contributed by atoms with Crippen LogP contribution in [0.15, 0.2) is 23.7 Å². The number of thiazole rings is 1. The Bertz CT molecular complexity index is 488. The third kappa shape index (κ3) is 3.62. The Morgan fingerprint density at radius 1 is 1.33 bits per heavy atom. The fourth-order valence-corrected chi connectivity index (χ4v) is 2.38. The van der Waals surface area contributed by atoms with Crippen molar-refractivity contribution in [2.24, 2.45) is 5.92 Å². The first-order valence-electron chi connectivity index (χ1n) is 6.23. The summed E-state index contributed by atoms with van der Waals surface area (Å²) in [6.07, 6.45) is 1.88. The third-order valence-corrected chi connectivity index (χ3v) is 3.44. The third-order valence-electron chi connectivity index (χ3n) is 2.59. The predicted molar refractivity (Wildman–Crippen MR) is 76.6 cm³/mol. The van der Waals surface area contributed by atoms with Crippen molar-refractivity contribution >= 4 is 11.3 Å². The number of nitrogens with one attached hydrogen (secondary N) is 1. The maximum absolute atomic E-state index is 4.62. The van der Waals surface area contributed by atoms with Gasteiger partial charge in [-0.15, -0.1) is 11.3 Å². The Hall–Kier alpha value is -1.26. The van der Waals surface area contributed by atoms with Crippen LogP contribution < -0.4 is 5.32 Å². The van der Waals surface area contributed by atoms with Crippen molar-refractivity contribution in [3.63, 3.8) is 0 Å². The number of nitrogens with zero attached hydrogens (tertiary/aromatic N) is 2. The van der Waals surface area contributed by atoms with Gasteiger partial charge in [-0.25, -0.2) is 4.98 Å². The van der Waals surface area contributed by atoms with E-state index in [1.807, 2.05) is 19.2 Å². The molecule has 0 saturated carbocycles. The van der Waals surface area contributed by atoms with Crippen molar-refractivity contribution in [2.75, 3.05) is 6.54 Å². The number of rotatable bonds is 5. The van der Waals surface area contributed by atoms with Crippen LogP contribution in [0.25, 0.3) is 11.3 Å². The molecule has 0 aliphatic carbocycles. The normalized spacial score (nSPS) is 11.1. The standard InChI is InChI=1S/C14H19N3S/c1-10(2)6-15-8-14-17-13(9-18-14)12-5-4-11(3)16-7-12/h4-5,7,9-10,15H,6,8H2,1-3H3. The van der Waals surface area contributed by atoms with Crippen LogP contribution in [0.4, 0.5) is 0 Å². The molecule has 96 valence electrons.